The van der Waals surface area contributed by atoms with Crippen LogP contribution in [0.2, 0.25) is 5.02 Å². The standard InChI is InChI=1S/C15H18ClNO2/c1-19-15(18)12-7-8-13(16)14(9-12)17-10-11-5-3-2-4-6-11/h2-3,7-9,11,17H,4-6,10H2,1H3. The monoisotopic (exact) mass is 279 g/mol. The summed E-state index contributed by atoms with van der Waals surface area (Å²) >= 11 is 6.13. The van der Waals surface area contributed by atoms with Crippen LogP contribution in [0.15, 0.2) is 30.4 Å². The summed E-state index contributed by atoms with van der Waals surface area (Å²) < 4.78 is 4.71. The number of hydrogen-bond donors (Lipinski definition) is 1. The van der Waals surface area contributed by atoms with Gasteiger partial charge in [0, 0.05) is 6.54 Å². The largest absolute Gasteiger partial charge is 0.465 e. The topological polar surface area (TPSA) is 38.3 Å². The van der Waals surface area contributed by atoms with Gasteiger partial charge in [0.15, 0.2) is 0 Å². The molecule has 0 fully saturated rings. The van der Waals surface area contributed by atoms with Gasteiger partial charge in [-0.25, -0.2) is 4.79 Å². The number of carbonyl (C=O) groups excluding carboxylic acids is 1. The molecule has 1 aliphatic carbocycles. The SMILES string of the molecule is COC(=O)c1ccc(Cl)c(NCC2CC=CCC2)c1. The van der Waals surface area contributed by atoms with Crippen molar-refractivity contribution in [2.24, 2.45) is 5.92 Å². The highest BCUT2D eigenvalue weighted by atomic mass is 35.5. The third-order valence-corrected chi connectivity index (χ3v) is 3.68. The summed E-state index contributed by atoms with van der Waals surface area (Å²) in [6.45, 7) is 0.870. The fourth-order valence-corrected chi connectivity index (χ4v) is 2.39. The van der Waals surface area contributed by atoms with Gasteiger partial charge in [-0.1, -0.05) is 23.8 Å². The van der Waals surface area contributed by atoms with Gasteiger partial charge < -0.3 is 10.1 Å². The van der Waals surface area contributed by atoms with Gasteiger partial charge in [-0.05, 0) is 43.4 Å². The third kappa shape index (κ3) is 3.74. The van der Waals surface area contributed by atoms with Gasteiger partial charge >= 0.3 is 5.97 Å². The van der Waals surface area contributed by atoms with Gasteiger partial charge in [0.05, 0.1) is 23.4 Å². The first-order valence-corrected chi connectivity index (χ1v) is 6.85. The maximum Gasteiger partial charge on any atom is 0.337 e. The van der Waals surface area contributed by atoms with E-state index in [1.165, 1.54) is 13.5 Å². The van der Waals surface area contributed by atoms with Crippen molar-refractivity contribution in [3.05, 3.63) is 40.9 Å². The summed E-state index contributed by atoms with van der Waals surface area (Å²) in [5, 5.41) is 3.95. The normalized spacial score (nSPS) is 18.1. The lowest BCUT2D eigenvalue weighted by molar-refractivity contribution is 0.0601. The van der Waals surface area contributed by atoms with Crippen LogP contribution >= 0.6 is 11.6 Å². The molecule has 1 N–H and O–H groups in total. The summed E-state index contributed by atoms with van der Waals surface area (Å²) in [6, 6.07) is 5.13. The Balaban J connectivity index is 2.02. The van der Waals surface area contributed by atoms with Crippen molar-refractivity contribution in [1.29, 1.82) is 0 Å². The fraction of sp³-hybridized carbons (Fsp3) is 0.400. The van der Waals surface area contributed by atoms with E-state index in [4.69, 9.17) is 16.3 Å². The summed E-state index contributed by atoms with van der Waals surface area (Å²) in [5.74, 6) is 0.281. The van der Waals surface area contributed by atoms with Gasteiger partial charge in [0.1, 0.15) is 0 Å². The number of carbonyl (C=O) groups is 1. The number of hydrogen-bond acceptors (Lipinski definition) is 3. The van der Waals surface area contributed by atoms with E-state index in [2.05, 4.69) is 17.5 Å². The molecule has 0 bridgehead atoms. The predicted molar refractivity (Wildman–Crippen MR) is 77.8 cm³/mol. The molecular weight excluding hydrogens is 262 g/mol. The molecule has 0 amide bonds. The Bertz CT molecular complexity index is 485. The van der Waals surface area contributed by atoms with Crippen LogP contribution in [-0.4, -0.2) is 19.6 Å². The summed E-state index contributed by atoms with van der Waals surface area (Å²) in [5.41, 5.74) is 1.30. The lowest BCUT2D eigenvalue weighted by atomic mass is 9.94. The average molecular weight is 280 g/mol. The Morgan fingerprint density at radius 2 is 2.32 bits per heavy atom. The predicted octanol–water partition coefficient (Wildman–Crippen LogP) is 3.89. The van der Waals surface area contributed by atoms with Crippen LogP contribution in [0.5, 0.6) is 0 Å². The molecule has 1 aromatic carbocycles. The number of ether oxygens (including phenoxy) is 1. The maximum atomic E-state index is 11.5. The first kappa shape index (κ1) is 13.9. The number of anilines is 1. The van der Waals surface area contributed by atoms with Gasteiger partial charge in [0.2, 0.25) is 0 Å². The number of methoxy groups -OCH3 is 1. The van der Waals surface area contributed by atoms with E-state index < -0.39 is 0 Å². The second-order valence-corrected chi connectivity index (χ2v) is 5.12. The molecule has 0 spiro atoms. The summed E-state index contributed by atoms with van der Waals surface area (Å²) in [4.78, 5) is 11.5. The quantitative estimate of drug-likeness (QED) is 0.671. The zero-order valence-corrected chi connectivity index (χ0v) is 11.7. The van der Waals surface area contributed by atoms with E-state index in [9.17, 15) is 4.79 Å². The number of rotatable bonds is 4. The Morgan fingerprint density at radius 1 is 1.47 bits per heavy atom. The molecular formula is C15H18ClNO2. The van der Waals surface area contributed by atoms with Crippen molar-refractivity contribution in [1.82, 2.24) is 0 Å². The lowest BCUT2D eigenvalue weighted by Crippen LogP contribution is -2.15. The molecule has 19 heavy (non-hydrogen) atoms. The molecule has 4 heteroatoms. The Kier molecular flexibility index (Phi) is 4.86. The molecule has 0 radical (unpaired) electrons. The van der Waals surface area contributed by atoms with Crippen LogP contribution in [0.1, 0.15) is 29.6 Å². The minimum atomic E-state index is -0.347. The van der Waals surface area contributed by atoms with Crippen LogP contribution < -0.4 is 5.32 Å². The van der Waals surface area contributed by atoms with E-state index in [0.717, 1.165) is 25.1 Å². The first-order valence-electron chi connectivity index (χ1n) is 6.47. The van der Waals surface area contributed by atoms with Crippen molar-refractivity contribution < 1.29 is 9.53 Å². The Morgan fingerprint density at radius 3 is 3.00 bits per heavy atom. The maximum absolute atomic E-state index is 11.5. The van der Waals surface area contributed by atoms with Crippen LogP contribution in [-0.2, 0) is 4.74 Å². The highest BCUT2D eigenvalue weighted by Gasteiger charge is 2.12. The second-order valence-electron chi connectivity index (χ2n) is 4.72. The molecule has 1 unspecified atom stereocenters. The Labute approximate surface area is 118 Å². The number of esters is 1. The van der Waals surface area contributed by atoms with Crippen LogP contribution in [0, 0.1) is 5.92 Å². The van der Waals surface area contributed by atoms with E-state index in [1.807, 2.05) is 0 Å². The summed E-state index contributed by atoms with van der Waals surface area (Å²) in [6.07, 6.45) is 7.88. The smallest absolute Gasteiger partial charge is 0.337 e. The van der Waals surface area contributed by atoms with E-state index in [1.54, 1.807) is 18.2 Å². The van der Waals surface area contributed by atoms with Gasteiger partial charge in [0.25, 0.3) is 0 Å². The van der Waals surface area contributed by atoms with Gasteiger partial charge in [-0.15, -0.1) is 0 Å². The molecule has 0 aliphatic heterocycles. The zero-order chi connectivity index (χ0) is 13.7. The van der Waals surface area contributed by atoms with Crippen molar-refractivity contribution in [2.45, 2.75) is 19.3 Å². The van der Waals surface area contributed by atoms with Crippen LogP contribution in [0.3, 0.4) is 0 Å². The molecule has 102 valence electrons. The number of halogens is 1. The van der Waals surface area contributed by atoms with Crippen LogP contribution in [0.4, 0.5) is 5.69 Å². The van der Waals surface area contributed by atoms with Gasteiger partial charge in [-0.2, -0.15) is 0 Å². The van der Waals surface area contributed by atoms with Crippen LogP contribution in [0.25, 0.3) is 0 Å². The fourth-order valence-electron chi connectivity index (χ4n) is 2.20. The molecule has 0 saturated carbocycles. The average Bonchev–Trinajstić information content (AvgIpc) is 2.46. The van der Waals surface area contributed by atoms with Crippen molar-refractivity contribution in [3.8, 4) is 0 Å². The zero-order valence-electron chi connectivity index (χ0n) is 11.0. The number of benzene rings is 1. The number of allylic oxidation sites excluding steroid dienone is 2. The molecule has 1 aromatic rings. The summed E-state index contributed by atoms with van der Waals surface area (Å²) in [7, 11) is 1.37. The number of nitrogens with one attached hydrogen (secondary N) is 1. The first-order chi connectivity index (χ1) is 9.20. The Hall–Kier alpha value is -1.48. The van der Waals surface area contributed by atoms with Crippen molar-refractivity contribution in [2.75, 3.05) is 19.0 Å². The minimum Gasteiger partial charge on any atom is -0.465 e. The second kappa shape index (κ2) is 6.62. The molecule has 0 heterocycles. The molecule has 0 saturated heterocycles. The molecule has 0 aromatic heterocycles. The highest BCUT2D eigenvalue weighted by molar-refractivity contribution is 6.33. The third-order valence-electron chi connectivity index (χ3n) is 3.35. The van der Waals surface area contributed by atoms with Crippen molar-refractivity contribution in [3.63, 3.8) is 0 Å². The van der Waals surface area contributed by atoms with Gasteiger partial charge in [-0.3, -0.25) is 0 Å². The molecule has 1 aliphatic rings. The highest BCUT2D eigenvalue weighted by Crippen LogP contribution is 2.25. The van der Waals surface area contributed by atoms with E-state index in [-0.39, 0.29) is 5.97 Å². The van der Waals surface area contributed by atoms with Crippen molar-refractivity contribution >= 4 is 23.3 Å². The molecule has 1 atom stereocenters. The van der Waals surface area contributed by atoms with E-state index >= 15 is 0 Å². The lowest BCUT2D eigenvalue weighted by Gasteiger charge is -2.19. The minimum absolute atomic E-state index is 0.347. The van der Waals surface area contributed by atoms with E-state index in [0.29, 0.717) is 16.5 Å². The molecule has 2 rings (SSSR count). The molecule has 3 nitrogen and oxygen atoms in total.